The Kier molecular flexibility index (Phi) is 5.79. The first-order valence-corrected chi connectivity index (χ1v) is 9.32. The number of benzene rings is 1. The minimum Gasteiger partial charge on any atom is -0.313 e. The SMILES string of the molecule is CCNC1C(Sc2ccc(C(C)C)cc2)CCCC1(C)C. The summed E-state index contributed by atoms with van der Waals surface area (Å²) in [5.41, 5.74) is 1.84. The summed E-state index contributed by atoms with van der Waals surface area (Å²) in [6.07, 6.45) is 4.03. The first-order chi connectivity index (χ1) is 9.94. The van der Waals surface area contributed by atoms with Crippen LogP contribution in [0.15, 0.2) is 29.2 Å². The summed E-state index contributed by atoms with van der Waals surface area (Å²) < 4.78 is 0. The molecule has 0 aromatic heterocycles. The normalized spacial score (nSPS) is 25.2. The highest BCUT2D eigenvalue weighted by atomic mass is 32.2. The zero-order valence-electron chi connectivity index (χ0n) is 14.3. The highest BCUT2D eigenvalue weighted by Gasteiger charge is 2.38. The molecule has 1 aromatic carbocycles. The summed E-state index contributed by atoms with van der Waals surface area (Å²) >= 11 is 2.07. The van der Waals surface area contributed by atoms with Crippen LogP contribution in [0.1, 0.15) is 65.4 Å². The minimum atomic E-state index is 0.407. The molecule has 1 aliphatic carbocycles. The second-order valence-corrected chi connectivity index (χ2v) is 8.61. The lowest BCUT2D eigenvalue weighted by atomic mass is 9.73. The second-order valence-electron chi connectivity index (χ2n) is 7.30. The Bertz CT molecular complexity index is 435. The molecule has 1 aromatic rings. The fourth-order valence-electron chi connectivity index (χ4n) is 3.44. The van der Waals surface area contributed by atoms with E-state index in [4.69, 9.17) is 0 Å². The molecule has 0 heterocycles. The van der Waals surface area contributed by atoms with Gasteiger partial charge in [0.1, 0.15) is 0 Å². The predicted octanol–water partition coefficient (Wildman–Crippen LogP) is 5.46. The smallest absolute Gasteiger partial charge is 0.0253 e. The molecule has 0 radical (unpaired) electrons. The molecule has 1 N–H and O–H groups in total. The van der Waals surface area contributed by atoms with E-state index in [2.05, 4.69) is 76.0 Å². The van der Waals surface area contributed by atoms with Gasteiger partial charge in [0, 0.05) is 16.2 Å². The zero-order chi connectivity index (χ0) is 15.5. The maximum atomic E-state index is 3.75. The summed E-state index contributed by atoms with van der Waals surface area (Å²) in [5, 5.41) is 4.45. The lowest BCUT2D eigenvalue weighted by Gasteiger charge is -2.44. The van der Waals surface area contributed by atoms with Gasteiger partial charge >= 0.3 is 0 Å². The van der Waals surface area contributed by atoms with Crippen LogP contribution in [0.3, 0.4) is 0 Å². The van der Waals surface area contributed by atoms with Crippen LogP contribution >= 0.6 is 11.8 Å². The lowest BCUT2D eigenvalue weighted by molar-refractivity contribution is 0.176. The largest absolute Gasteiger partial charge is 0.313 e. The highest BCUT2D eigenvalue weighted by molar-refractivity contribution is 8.00. The minimum absolute atomic E-state index is 0.407. The van der Waals surface area contributed by atoms with E-state index in [9.17, 15) is 0 Å². The molecule has 1 aliphatic rings. The number of nitrogens with one attached hydrogen (secondary N) is 1. The Hall–Kier alpha value is -0.470. The molecule has 2 unspecified atom stereocenters. The van der Waals surface area contributed by atoms with Crippen LogP contribution in [0.4, 0.5) is 0 Å². The highest BCUT2D eigenvalue weighted by Crippen LogP contribution is 2.42. The Balaban J connectivity index is 2.09. The monoisotopic (exact) mass is 305 g/mol. The van der Waals surface area contributed by atoms with Crippen LogP contribution in [0.2, 0.25) is 0 Å². The molecule has 2 atom stereocenters. The summed E-state index contributed by atoms with van der Waals surface area (Å²) in [4.78, 5) is 1.42. The average Bonchev–Trinajstić information content (AvgIpc) is 2.43. The van der Waals surface area contributed by atoms with Gasteiger partial charge in [0.2, 0.25) is 0 Å². The molecular weight excluding hydrogens is 274 g/mol. The third kappa shape index (κ3) is 4.26. The Morgan fingerprint density at radius 1 is 1.24 bits per heavy atom. The Morgan fingerprint density at radius 3 is 2.48 bits per heavy atom. The first kappa shape index (κ1) is 16.9. The van der Waals surface area contributed by atoms with Crippen molar-refractivity contribution in [3.63, 3.8) is 0 Å². The van der Waals surface area contributed by atoms with Gasteiger partial charge in [-0.3, -0.25) is 0 Å². The summed E-state index contributed by atoms with van der Waals surface area (Å²) in [6.45, 7) is 12.7. The van der Waals surface area contributed by atoms with Crippen molar-refractivity contribution in [2.45, 2.75) is 76.0 Å². The average molecular weight is 306 g/mol. The lowest BCUT2D eigenvalue weighted by Crippen LogP contribution is -2.51. The van der Waals surface area contributed by atoms with Crippen molar-refractivity contribution < 1.29 is 0 Å². The third-order valence-electron chi connectivity index (χ3n) is 4.78. The molecule has 1 saturated carbocycles. The molecule has 2 heteroatoms. The van der Waals surface area contributed by atoms with Crippen LogP contribution in [0.25, 0.3) is 0 Å². The molecule has 0 saturated heterocycles. The maximum absolute atomic E-state index is 3.75. The number of thioether (sulfide) groups is 1. The van der Waals surface area contributed by atoms with Crippen LogP contribution in [0.5, 0.6) is 0 Å². The Labute approximate surface area is 135 Å². The molecule has 0 aliphatic heterocycles. The van der Waals surface area contributed by atoms with E-state index in [0.717, 1.165) is 6.54 Å². The maximum Gasteiger partial charge on any atom is 0.0253 e. The molecular formula is C19H31NS. The Morgan fingerprint density at radius 2 is 1.90 bits per heavy atom. The fraction of sp³-hybridized carbons (Fsp3) is 0.684. The molecule has 118 valence electrons. The van der Waals surface area contributed by atoms with Gasteiger partial charge in [0.05, 0.1) is 0 Å². The van der Waals surface area contributed by atoms with Gasteiger partial charge in [-0.05, 0) is 48.4 Å². The topological polar surface area (TPSA) is 12.0 Å². The van der Waals surface area contributed by atoms with Crippen molar-refractivity contribution in [3.05, 3.63) is 29.8 Å². The standard InChI is InChI=1S/C19H31NS/c1-6-20-18-17(8-7-13-19(18,4)5)21-16-11-9-15(10-12-16)14(2)3/h9-12,14,17-18,20H,6-8,13H2,1-5H3. The van der Waals surface area contributed by atoms with Gasteiger partial charge in [-0.2, -0.15) is 0 Å². The van der Waals surface area contributed by atoms with E-state index in [0.29, 0.717) is 22.6 Å². The van der Waals surface area contributed by atoms with Crippen molar-refractivity contribution in [2.24, 2.45) is 5.41 Å². The fourth-order valence-corrected chi connectivity index (χ4v) is 4.97. The van der Waals surface area contributed by atoms with E-state index < -0.39 is 0 Å². The van der Waals surface area contributed by atoms with Gasteiger partial charge in [-0.15, -0.1) is 11.8 Å². The van der Waals surface area contributed by atoms with Crippen molar-refractivity contribution in [3.8, 4) is 0 Å². The van der Waals surface area contributed by atoms with Crippen LogP contribution in [-0.4, -0.2) is 17.8 Å². The van der Waals surface area contributed by atoms with Gasteiger partial charge in [0.25, 0.3) is 0 Å². The molecule has 0 amide bonds. The third-order valence-corrected chi connectivity index (χ3v) is 6.14. The van der Waals surface area contributed by atoms with Gasteiger partial charge in [0.15, 0.2) is 0 Å². The van der Waals surface area contributed by atoms with Crippen LogP contribution in [-0.2, 0) is 0 Å². The van der Waals surface area contributed by atoms with E-state index in [1.807, 2.05) is 0 Å². The van der Waals surface area contributed by atoms with Gasteiger partial charge < -0.3 is 5.32 Å². The quantitative estimate of drug-likeness (QED) is 0.775. The summed E-state index contributed by atoms with van der Waals surface area (Å²) in [7, 11) is 0. The molecule has 1 fully saturated rings. The van der Waals surface area contributed by atoms with Crippen molar-refractivity contribution in [1.82, 2.24) is 5.32 Å². The number of hydrogen-bond acceptors (Lipinski definition) is 2. The van der Waals surface area contributed by atoms with E-state index in [1.54, 1.807) is 0 Å². The number of hydrogen-bond donors (Lipinski definition) is 1. The van der Waals surface area contributed by atoms with Crippen LogP contribution < -0.4 is 5.32 Å². The van der Waals surface area contributed by atoms with E-state index >= 15 is 0 Å². The van der Waals surface area contributed by atoms with E-state index in [-0.39, 0.29) is 0 Å². The molecule has 21 heavy (non-hydrogen) atoms. The van der Waals surface area contributed by atoms with Crippen molar-refractivity contribution in [1.29, 1.82) is 0 Å². The van der Waals surface area contributed by atoms with Crippen molar-refractivity contribution in [2.75, 3.05) is 6.54 Å². The van der Waals surface area contributed by atoms with Crippen molar-refractivity contribution >= 4 is 11.8 Å². The van der Waals surface area contributed by atoms with Gasteiger partial charge in [-0.1, -0.05) is 53.2 Å². The molecule has 2 rings (SSSR count). The summed E-state index contributed by atoms with van der Waals surface area (Å²) in [6, 6.07) is 9.83. The second kappa shape index (κ2) is 7.19. The molecule has 0 bridgehead atoms. The zero-order valence-corrected chi connectivity index (χ0v) is 15.1. The first-order valence-electron chi connectivity index (χ1n) is 8.44. The predicted molar refractivity (Wildman–Crippen MR) is 95.3 cm³/mol. The van der Waals surface area contributed by atoms with Crippen LogP contribution in [0, 0.1) is 5.41 Å². The van der Waals surface area contributed by atoms with Gasteiger partial charge in [-0.25, -0.2) is 0 Å². The molecule has 0 spiro atoms. The number of rotatable bonds is 5. The summed E-state index contributed by atoms with van der Waals surface area (Å²) in [5.74, 6) is 0.618. The van der Waals surface area contributed by atoms with E-state index in [1.165, 1.54) is 29.7 Å². The molecule has 1 nitrogen and oxygen atoms in total.